The summed E-state index contributed by atoms with van der Waals surface area (Å²) in [6.07, 6.45) is 0.665. The van der Waals surface area contributed by atoms with Gasteiger partial charge in [0, 0.05) is 18.9 Å². The minimum atomic E-state index is -2.82. The lowest BCUT2D eigenvalue weighted by molar-refractivity contribution is -0.00859. The molecular weight excluding hydrogens is 226 g/mol. The molecule has 1 N–H and O–H groups in total. The highest BCUT2D eigenvalue weighted by atomic mass is 32.2. The predicted molar refractivity (Wildman–Crippen MR) is 67.5 cm³/mol. The second-order valence-corrected chi connectivity index (χ2v) is 6.93. The van der Waals surface area contributed by atoms with Crippen LogP contribution < -0.4 is 5.32 Å². The number of hydrogen-bond donors (Lipinski definition) is 1. The zero-order valence-electron chi connectivity index (χ0n) is 10.9. The van der Waals surface area contributed by atoms with E-state index in [4.69, 9.17) is 4.74 Å². The van der Waals surface area contributed by atoms with E-state index in [0.717, 1.165) is 13.1 Å². The topological polar surface area (TPSA) is 55.4 Å². The quantitative estimate of drug-likeness (QED) is 0.626. The third-order valence-electron chi connectivity index (χ3n) is 2.33. The summed E-state index contributed by atoms with van der Waals surface area (Å²) in [4.78, 5) is 0. The maximum Gasteiger partial charge on any atom is 0.150 e. The fraction of sp³-hybridized carbons (Fsp3) is 1.00. The van der Waals surface area contributed by atoms with E-state index in [2.05, 4.69) is 5.32 Å². The van der Waals surface area contributed by atoms with E-state index in [0.29, 0.717) is 13.0 Å². The molecule has 0 saturated carbocycles. The lowest BCUT2D eigenvalue weighted by atomic mass is 10.1. The molecule has 0 aliphatic rings. The molecule has 98 valence electrons. The molecule has 0 aromatic rings. The Morgan fingerprint density at radius 2 is 1.88 bits per heavy atom. The molecule has 5 heteroatoms. The van der Waals surface area contributed by atoms with Gasteiger partial charge in [0.05, 0.1) is 11.4 Å². The third kappa shape index (κ3) is 8.07. The molecule has 0 radical (unpaired) electrons. The number of rotatable bonds is 9. The molecule has 0 atom stereocenters. The molecule has 0 aromatic heterocycles. The van der Waals surface area contributed by atoms with Crippen LogP contribution in [0.25, 0.3) is 0 Å². The molecule has 16 heavy (non-hydrogen) atoms. The Bertz CT molecular complexity index is 273. The van der Waals surface area contributed by atoms with Gasteiger partial charge >= 0.3 is 0 Å². The highest BCUT2D eigenvalue weighted by Crippen LogP contribution is 2.06. The van der Waals surface area contributed by atoms with Crippen LogP contribution in [0.5, 0.6) is 0 Å². The fourth-order valence-electron chi connectivity index (χ4n) is 1.39. The van der Waals surface area contributed by atoms with Crippen LogP contribution in [0.1, 0.15) is 34.1 Å². The summed E-state index contributed by atoms with van der Waals surface area (Å²) in [5.74, 6) is 0.503. The fourth-order valence-corrected chi connectivity index (χ4v) is 2.27. The van der Waals surface area contributed by atoms with Gasteiger partial charge in [0.15, 0.2) is 0 Å². The summed E-state index contributed by atoms with van der Waals surface area (Å²) in [6.45, 7) is 9.84. The predicted octanol–water partition coefficient (Wildman–Crippen LogP) is 1.22. The normalized spacial score (nSPS) is 13.0. The molecule has 0 spiro atoms. The average molecular weight is 251 g/mol. The summed E-state index contributed by atoms with van der Waals surface area (Å²) >= 11 is 0. The molecule has 0 saturated heterocycles. The Kier molecular flexibility index (Phi) is 7.19. The van der Waals surface area contributed by atoms with Gasteiger partial charge in [0.1, 0.15) is 9.84 Å². The smallest absolute Gasteiger partial charge is 0.150 e. The maximum atomic E-state index is 11.2. The lowest BCUT2D eigenvalue weighted by Crippen LogP contribution is -2.38. The summed E-state index contributed by atoms with van der Waals surface area (Å²) in [6, 6.07) is 0. The third-order valence-corrected chi connectivity index (χ3v) is 4.12. The summed E-state index contributed by atoms with van der Waals surface area (Å²) in [5.41, 5.74) is -0.182. The molecule has 0 aromatic carbocycles. The van der Waals surface area contributed by atoms with Gasteiger partial charge in [-0.15, -0.1) is 0 Å². The summed E-state index contributed by atoms with van der Waals surface area (Å²) in [7, 11) is -2.82. The number of nitrogens with one attached hydrogen (secondary N) is 1. The van der Waals surface area contributed by atoms with E-state index in [-0.39, 0.29) is 17.1 Å². The van der Waals surface area contributed by atoms with Crippen molar-refractivity contribution in [1.29, 1.82) is 0 Å². The van der Waals surface area contributed by atoms with E-state index < -0.39 is 9.84 Å². The Balaban J connectivity index is 3.62. The van der Waals surface area contributed by atoms with Crippen LogP contribution in [-0.2, 0) is 14.6 Å². The Hall–Kier alpha value is -0.130. The van der Waals surface area contributed by atoms with Crippen molar-refractivity contribution in [3.8, 4) is 0 Å². The van der Waals surface area contributed by atoms with Gasteiger partial charge < -0.3 is 10.1 Å². The van der Waals surface area contributed by atoms with Crippen LogP contribution in [0.15, 0.2) is 0 Å². The van der Waals surface area contributed by atoms with Crippen LogP contribution in [0, 0.1) is 0 Å². The van der Waals surface area contributed by atoms with Gasteiger partial charge in [-0.3, -0.25) is 0 Å². The second kappa shape index (κ2) is 7.25. The van der Waals surface area contributed by atoms with Crippen LogP contribution >= 0.6 is 0 Å². The molecule has 0 amide bonds. The van der Waals surface area contributed by atoms with Gasteiger partial charge in [0.25, 0.3) is 0 Å². The van der Waals surface area contributed by atoms with Crippen molar-refractivity contribution < 1.29 is 13.2 Å². The first-order valence-corrected chi connectivity index (χ1v) is 7.70. The molecule has 4 nitrogen and oxygen atoms in total. The van der Waals surface area contributed by atoms with Crippen molar-refractivity contribution in [3.63, 3.8) is 0 Å². The van der Waals surface area contributed by atoms with Crippen molar-refractivity contribution in [1.82, 2.24) is 5.32 Å². The Morgan fingerprint density at radius 3 is 2.38 bits per heavy atom. The van der Waals surface area contributed by atoms with Gasteiger partial charge in [-0.05, 0) is 33.7 Å². The SMILES string of the molecule is CCOC(C)(C)CNCCCS(=O)(=O)CC. The second-order valence-electron chi connectivity index (χ2n) is 4.46. The van der Waals surface area contributed by atoms with Crippen LogP contribution in [-0.4, -0.2) is 45.2 Å². The van der Waals surface area contributed by atoms with Gasteiger partial charge in [-0.2, -0.15) is 0 Å². The first-order valence-electron chi connectivity index (χ1n) is 5.88. The molecule has 0 aliphatic heterocycles. The minimum Gasteiger partial charge on any atom is -0.375 e. The molecule has 0 rings (SSSR count). The van der Waals surface area contributed by atoms with Gasteiger partial charge in [0.2, 0.25) is 0 Å². The standard InChI is InChI=1S/C11H25NO3S/c1-5-15-11(3,4)10-12-8-7-9-16(13,14)6-2/h12H,5-10H2,1-4H3. The molecular formula is C11H25NO3S. The largest absolute Gasteiger partial charge is 0.375 e. The first kappa shape index (κ1) is 15.9. The van der Waals surface area contributed by atoms with E-state index in [9.17, 15) is 8.42 Å². The maximum absolute atomic E-state index is 11.2. The molecule has 0 bridgehead atoms. The highest BCUT2D eigenvalue weighted by molar-refractivity contribution is 7.91. The first-order chi connectivity index (χ1) is 7.33. The minimum absolute atomic E-state index is 0.182. The van der Waals surface area contributed by atoms with Crippen LogP contribution in [0.4, 0.5) is 0 Å². The average Bonchev–Trinajstić information content (AvgIpc) is 2.17. The molecule has 0 aliphatic carbocycles. The zero-order chi connectivity index (χ0) is 12.7. The summed E-state index contributed by atoms with van der Waals surface area (Å²) in [5, 5.41) is 3.22. The summed E-state index contributed by atoms with van der Waals surface area (Å²) < 4.78 is 27.9. The van der Waals surface area contributed by atoms with Crippen LogP contribution in [0.2, 0.25) is 0 Å². The van der Waals surface area contributed by atoms with E-state index in [1.165, 1.54) is 0 Å². The monoisotopic (exact) mass is 251 g/mol. The number of hydrogen-bond acceptors (Lipinski definition) is 4. The van der Waals surface area contributed by atoms with E-state index in [1.807, 2.05) is 20.8 Å². The number of sulfone groups is 1. The highest BCUT2D eigenvalue weighted by Gasteiger charge is 2.16. The van der Waals surface area contributed by atoms with E-state index >= 15 is 0 Å². The number of ether oxygens (including phenoxy) is 1. The van der Waals surface area contributed by atoms with Gasteiger partial charge in [-0.1, -0.05) is 6.92 Å². The van der Waals surface area contributed by atoms with Crippen molar-refractivity contribution in [3.05, 3.63) is 0 Å². The molecule has 0 heterocycles. The van der Waals surface area contributed by atoms with Crippen molar-refractivity contribution in [2.24, 2.45) is 0 Å². The van der Waals surface area contributed by atoms with E-state index in [1.54, 1.807) is 6.92 Å². The van der Waals surface area contributed by atoms with Crippen molar-refractivity contribution in [2.75, 3.05) is 31.2 Å². The van der Waals surface area contributed by atoms with Crippen molar-refractivity contribution >= 4 is 9.84 Å². The molecule has 0 fully saturated rings. The lowest BCUT2D eigenvalue weighted by Gasteiger charge is -2.24. The Labute approximate surface area is 99.7 Å². The van der Waals surface area contributed by atoms with Crippen LogP contribution in [0.3, 0.4) is 0 Å². The van der Waals surface area contributed by atoms with Crippen molar-refractivity contribution in [2.45, 2.75) is 39.7 Å². The molecule has 0 unspecified atom stereocenters. The zero-order valence-corrected chi connectivity index (χ0v) is 11.7. The van der Waals surface area contributed by atoms with Gasteiger partial charge in [-0.25, -0.2) is 8.42 Å². The Morgan fingerprint density at radius 1 is 1.25 bits per heavy atom.